The number of ether oxygens (including phenoxy) is 1. The Morgan fingerprint density at radius 2 is 1.92 bits per heavy atom. The quantitative estimate of drug-likeness (QED) is 0.348. The van der Waals surface area contributed by atoms with E-state index in [0.717, 1.165) is 22.4 Å². The molecule has 0 spiro atoms. The number of alkyl halides is 4. The zero-order valence-corrected chi connectivity index (χ0v) is 22.4. The number of fused-ring (bicyclic) bond motifs is 4. The summed E-state index contributed by atoms with van der Waals surface area (Å²) in [5.74, 6) is 2.59. The van der Waals surface area contributed by atoms with E-state index in [1.54, 1.807) is 0 Å². The minimum absolute atomic E-state index is 0.0847. The summed E-state index contributed by atoms with van der Waals surface area (Å²) in [6.45, 7) is 1.54. The van der Waals surface area contributed by atoms with Gasteiger partial charge in [0.05, 0.1) is 5.41 Å². The smallest absolute Gasteiger partial charge is 0.388 e. The fraction of sp³-hybridized carbons (Fsp3) is 0.548. The molecule has 2 saturated carbocycles. The summed E-state index contributed by atoms with van der Waals surface area (Å²) in [4.78, 5) is 25.8. The molecule has 6 atom stereocenters. The van der Waals surface area contributed by atoms with Gasteiger partial charge in [-0.1, -0.05) is 30.6 Å². The lowest BCUT2D eigenvalue weighted by molar-refractivity contribution is -0.137. The number of Topliss-reactive ketones (excluding diaryl/α,β-unsaturated/α-hetero) is 1. The first-order chi connectivity index (χ1) is 18.4. The van der Waals surface area contributed by atoms with Gasteiger partial charge in [-0.15, -0.1) is 0 Å². The molecule has 4 aliphatic rings. The maximum absolute atomic E-state index is 15.7. The number of ketones is 2. The van der Waals surface area contributed by atoms with E-state index < -0.39 is 29.0 Å². The highest BCUT2D eigenvalue weighted by molar-refractivity contribution is 5.93. The van der Waals surface area contributed by atoms with Crippen LogP contribution in [0.3, 0.4) is 0 Å². The zero-order valence-electron chi connectivity index (χ0n) is 22.4. The fourth-order valence-corrected chi connectivity index (χ4v) is 8.01. The van der Waals surface area contributed by atoms with Crippen LogP contribution >= 0.6 is 0 Å². The third-order valence-corrected chi connectivity index (χ3v) is 9.72. The zero-order chi connectivity index (χ0) is 28.2. The normalized spacial score (nSPS) is 33.8. The molecule has 0 heterocycles. The summed E-state index contributed by atoms with van der Waals surface area (Å²) < 4.78 is 61.1. The molecule has 4 nitrogen and oxygen atoms in total. The lowest BCUT2D eigenvalue weighted by atomic mass is 9.48. The minimum Gasteiger partial charge on any atom is -0.388 e. The highest BCUT2D eigenvalue weighted by Gasteiger charge is 2.66. The van der Waals surface area contributed by atoms with Crippen molar-refractivity contribution in [1.29, 1.82) is 0 Å². The molecule has 39 heavy (non-hydrogen) atoms. The minimum atomic E-state index is -4.75. The Labute approximate surface area is 226 Å². The maximum atomic E-state index is 15.7. The Hall–Kier alpha value is -2.92. The Morgan fingerprint density at radius 3 is 2.56 bits per heavy atom. The summed E-state index contributed by atoms with van der Waals surface area (Å²) in [5, 5.41) is 3.10. The Bertz CT molecular complexity index is 1300. The number of hydrogen-bond donors (Lipinski definition) is 1. The molecule has 0 amide bonds. The molecule has 0 radical (unpaired) electrons. The summed E-state index contributed by atoms with van der Waals surface area (Å²) in [5.41, 5.74) is 1.78. The standard InChI is InChI=1S/C31H33F4NO3/c1-29-16-24(18-4-6-19(36-2)7-5-18)28-21-9-8-20(37)14-22(21)26(32)15-23(28)25(29)10-11-30(29,27(38)17-39-3)12-13-31(33,34)35/h4-7,14,23-26,36H,8-11,15-17H2,1-3H3/t23-,24+,25-,26?,29-,30-/m0/s1. The first kappa shape index (κ1) is 27.6. The predicted molar refractivity (Wildman–Crippen MR) is 140 cm³/mol. The highest BCUT2D eigenvalue weighted by Crippen LogP contribution is 2.70. The number of allylic oxidation sites excluding steroid dienone is 4. The van der Waals surface area contributed by atoms with Crippen LogP contribution in [-0.4, -0.2) is 44.7 Å². The molecule has 1 aromatic rings. The Balaban J connectivity index is 1.72. The van der Waals surface area contributed by atoms with Gasteiger partial charge >= 0.3 is 6.18 Å². The topological polar surface area (TPSA) is 55.4 Å². The van der Waals surface area contributed by atoms with E-state index in [4.69, 9.17) is 4.74 Å². The number of rotatable bonds is 5. The molecule has 2 fully saturated rings. The average molecular weight is 544 g/mol. The van der Waals surface area contributed by atoms with Crippen molar-refractivity contribution in [3.63, 3.8) is 0 Å². The van der Waals surface area contributed by atoms with Gasteiger partial charge in [-0.2, -0.15) is 13.2 Å². The summed E-state index contributed by atoms with van der Waals surface area (Å²) in [7, 11) is 3.16. The number of halogens is 4. The van der Waals surface area contributed by atoms with Gasteiger partial charge in [-0.05, 0) is 84.3 Å². The number of carbonyl (C=O) groups excluding carboxylic acids is 2. The van der Waals surface area contributed by atoms with Crippen molar-refractivity contribution in [2.24, 2.45) is 22.7 Å². The van der Waals surface area contributed by atoms with Crippen molar-refractivity contribution in [2.75, 3.05) is 26.1 Å². The molecule has 0 aliphatic heterocycles. The molecule has 0 aromatic heterocycles. The monoisotopic (exact) mass is 543 g/mol. The molecular formula is C31H33F4NO3. The molecule has 0 saturated heterocycles. The third kappa shape index (κ3) is 4.53. The van der Waals surface area contributed by atoms with Crippen molar-refractivity contribution in [1.82, 2.24) is 0 Å². The van der Waals surface area contributed by atoms with Crippen LogP contribution in [0.15, 0.2) is 47.1 Å². The van der Waals surface area contributed by atoms with Crippen molar-refractivity contribution < 1.29 is 31.9 Å². The van der Waals surface area contributed by atoms with Crippen molar-refractivity contribution in [2.45, 2.75) is 63.7 Å². The second-order valence-electron chi connectivity index (χ2n) is 11.5. The van der Waals surface area contributed by atoms with Crippen LogP contribution in [0.25, 0.3) is 0 Å². The lowest BCUT2D eigenvalue weighted by Crippen LogP contribution is -2.52. The number of carbonyl (C=O) groups is 2. The van der Waals surface area contributed by atoms with Gasteiger partial charge in [0.25, 0.3) is 0 Å². The van der Waals surface area contributed by atoms with Crippen LogP contribution in [-0.2, 0) is 14.3 Å². The summed E-state index contributed by atoms with van der Waals surface area (Å²) >= 11 is 0. The number of hydrogen-bond acceptors (Lipinski definition) is 4. The van der Waals surface area contributed by atoms with Crippen molar-refractivity contribution >= 4 is 17.3 Å². The van der Waals surface area contributed by atoms with Gasteiger partial charge < -0.3 is 10.1 Å². The van der Waals surface area contributed by atoms with E-state index in [2.05, 4.69) is 11.2 Å². The van der Waals surface area contributed by atoms with Gasteiger partial charge in [-0.25, -0.2) is 4.39 Å². The Kier molecular flexibility index (Phi) is 7.03. The second-order valence-corrected chi connectivity index (χ2v) is 11.5. The van der Waals surface area contributed by atoms with Crippen LogP contribution in [0.4, 0.5) is 23.2 Å². The van der Waals surface area contributed by atoms with Crippen LogP contribution in [0.5, 0.6) is 0 Å². The fourth-order valence-electron chi connectivity index (χ4n) is 8.01. The average Bonchev–Trinajstić information content (AvgIpc) is 3.20. The predicted octanol–water partition coefficient (Wildman–Crippen LogP) is 6.34. The van der Waals surface area contributed by atoms with E-state index >= 15 is 4.39 Å². The van der Waals surface area contributed by atoms with Gasteiger partial charge in [0, 0.05) is 38.1 Å². The summed E-state index contributed by atoms with van der Waals surface area (Å²) in [6, 6.07) is 7.85. The van der Waals surface area contributed by atoms with Crippen LogP contribution in [0.2, 0.25) is 0 Å². The van der Waals surface area contributed by atoms with E-state index in [0.29, 0.717) is 31.3 Å². The molecule has 1 aromatic carbocycles. The van der Waals surface area contributed by atoms with Gasteiger partial charge in [-0.3, -0.25) is 9.59 Å². The van der Waals surface area contributed by atoms with Crippen LogP contribution in [0, 0.1) is 34.5 Å². The van der Waals surface area contributed by atoms with Gasteiger partial charge in [0.15, 0.2) is 11.6 Å². The van der Waals surface area contributed by atoms with Crippen LogP contribution in [0.1, 0.15) is 56.9 Å². The van der Waals surface area contributed by atoms with E-state index in [-0.39, 0.29) is 43.0 Å². The second kappa shape index (κ2) is 9.92. The molecule has 0 bridgehead atoms. The molecular weight excluding hydrogens is 510 g/mol. The maximum Gasteiger partial charge on any atom is 0.457 e. The summed E-state index contributed by atoms with van der Waals surface area (Å²) in [6.07, 6.45) is -2.71. The van der Waals surface area contributed by atoms with E-state index in [9.17, 15) is 22.8 Å². The van der Waals surface area contributed by atoms with Gasteiger partial charge in [0.1, 0.15) is 12.8 Å². The third-order valence-electron chi connectivity index (χ3n) is 9.72. The highest BCUT2D eigenvalue weighted by atomic mass is 19.4. The first-order valence-corrected chi connectivity index (χ1v) is 13.5. The lowest BCUT2D eigenvalue weighted by Gasteiger charge is -2.55. The van der Waals surface area contributed by atoms with E-state index in [1.165, 1.54) is 19.1 Å². The van der Waals surface area contributed by atoms with E-state index in [1.807, 2.05) is 38.2 Å². The molecule has 208 valence electrons. The number of methoxy groups -OCH3 is 1. The van der Waals surface area contributed by atoms with Crippen LogP contribution < -0.4 is 5.32 Å². The molecule has 4 aliphatic carbocycles. The number of benzene rings is 1. The Morgan fingerprint density at radius 1 is 1.21 bits per heavy atom. The van der Waals surface area contributed by atoms with Crippen molar-refractivity contribution in [3.8, 4) is 11.8 Å². The molecule has 5 rings (SSSR count). The molecule has 8 heteroatoms. The molecule has 1 N–H and O–H groups in total. The number of anilines is 1. The SMILES string of the molecule is CNc1ccc([C@H]2C[C@@]3(C)[C@@H](CC[C@]3(C#CC(F)(F)F)C(=O)COC)[C@@H]3CC(F)C4=CC(=O)CCC4=C32)cc1. The molecule has 1 unspecified atom stereocenters. The largest absolute Gasteiger partial charge is 0.457 e. The van der Waals surface area contributed by atoms with Gasteiger partial charge in [0.2, 0.25) is 0 Å². The number of nitrogens with one attached hydrogen (secondary N) is 1. The first-order valence-electron chi connectivity index (χ1n) is 13.5. The van der Waals surface area contributed by atoms with Crippen molar-refractivity contribution in [3.05, 3.63) is 52.6 Å².